The smallest absolute Gasteiger partial charge is 0.204 e. The van der Waals surface area contributed by atoms with E-state index in [9.17, 15) is 8.42 Å². The Bertz CT molecular complexity index is 1020. The molecule has 1 saturated heterocycles. The number of nitrogens with one attached hydrogen (secondary N) is 1. The number of aromatic amines is 1. The summed E-state index contributed by atoms with van der Waals surface area (Å²) in [6, 6.07) is 4.02. The topological polar surface area (TPSA) is 121 Å². The lowest BCUT2D eigenvalue weighted by atomic mass is 9.89. The predicted octanol–water partition coefficient (Wildman–Crippen LogP) is 0.272. The van der Waals surface area contributed by atoms with Gasteiger partial charge in [0, 0.05) is 36.4 Å². The minimum absolute atomic E-state index is 0.192. The van der Waals surface area contributed by atoms with E-state index in [1.165, 1.54) is 10.6 Å². The van der Waals surface area contributed by atoms with Crippen molar-refractivity contribution in [2.75, 3.05) is 13.1 Å². The summed E-state index contributed by atoms with van der Waals surface area (Å²) >= 11 is 0. The summed E-state index contributed by atoms with van der Waals surface area (Å²) in [7, 11) is -2.63. The third-order valence-electron chi connectivity index (χ3n) is 4.29. The third kappa shape index (κ3) is 2.17. The molecule has 0 aromatic carbocycles. The molecule has 1 aliphatic heterocycles. The zero-order valence-electron chi connectivity index (χ0n) is 12.5. The first-order valence-electron chi connectivity index (χ1n) is 7.23. The van der Waals surface area contributed by atoms with Gasteiger partial charge >= 0.3 is 0 Å². The first kappa shape index (κ1) is 14.8. The number of nitriles is 1. The maximum absolute atomic E-state index is 11.1. The maximum Gasteiger partial charge on any atom is 0.204 e. The van der Waals surface area contributed by atoms with E-state index >= 15 is 0 Å². The summed E-state index contributed by atoms with van der Waals surface area (Å²) < 4.78 is 25.1. The van der Waals surface area contributed by atoms with Crippen LogP contribution in [0.3, 0.4) is 0 Å². The summed E-state index contributed by atoms with van der Waals surface area (Å²) in [5, 5.41) is 14.3. The Labute approximate surface area is 138 Å². The molecule has 0 spiro atoms. The zero-order chi connectivity index (χ0) is 16.7. The molecular formula is C14H13N7O2S. The highest BCUT2D eigenvalue weighted by atomic mass is 32.2. The average molecular weight is 343 g/mol. The van der Waals surface area contributed by atoms with Crippen LogP contribution in [0.25, 0.3) is 22.3 Å². The average Bonchev–Trinajstić information content (AvgIpc) is 3.18. The van der Waals surface area contributed by atoms with E-state index in [0.29, 0.717) is 0 Å². The molecule has 0 atom stereocenters. The van der Waals surface area contributed by atoms with E-state index in [4.69, 9.17) is 5.26 Å². The number of nitrogens with zero attached hydrogens (tertiary/aromatic N) is 6. The van der Waals surface area contributed by atoms with Crippen LogP contribution in [0.15, 0.2) is 31.0 Å². The second-order valence-corrected chi connectivity index (χ2v) is 6.80. The van der Waals surface area contributed by atoms with E-state index in [1.807, 2.05) is 6.07 Å². The van der Waals surface area contributed by atoms with Crippen LogP contribution in [-0.2, 0) is 16.4 Å². The molecule has 0 unspecified atom stereocenters. The van der Waals surface area contributed by atoms with Crippen LogP contribution in [0.1, 0.15) is 6.42 Å². The second-order valence-electron chi connectivity index (χ2n) is 5.76. The number of fused-ring (bicyclic) bond motifs is 1. The highest BCUT2D eigenvalue weighted by Gasteiger charge is 2.46. The Morgan fingerprint density at radius 1 is 1.38 bits per heavy atom. The Kier molecular flexibility index (Phi) is 3.33. The molecule has 9 nitrogen and oxygen atoms in total. The first-order valence-corrected chi connectivity index (χ1v) is 8.36. The van der Waals surface area contributed by atoms with E-state index in [2.05, 4.69) is 26.1 Å². The number of hydrogen-bond donors (Lipinski definition) is 2. The summed E-state index contributed by atoms with van der Waals surface area (Å²) in [6.45, 7) is 0.507. The fraction of sp³-hybridized carbons (Fsp3) is 0.286. The molecule has 24 heavy (non-hydrogen) atoms. The molecule has 0 saturated carbocycles. The molecule has 3 aromatic rings. The van der Waals surface area contributed by atoms with Gasteiger partial charge in [0.1, 0.15) is 17.5 Å². The largest absolute Gasteiger partial charge is 0.346 e. The molecule has 0 amide bonds. The van der Waals surface area contributed by atoms with Crippen molar-refractivity contribution in [1.82, 2.24) is 29.0 Å². The van der Waals surface area contributed by atoms with Crippen LogP contribution in [0.4, 0.5) is 0 Å². The second kappa shape index (κ2) is 5.40. The van der Waals surface area contributed by atoms with Gasteiger partial charge in [0.25, 0.3) is 0 Å². The van der Waals surface area contributed by atoms with Crippen LogP contribution < -0.4 is 0 Å². The van der Waals surface area contributed by atoms with Gasteiger partial charge in [-0.1, -0.05) is 0 Å². The molecule has 4 rings (SSSR count). The van der Waals surface area contributed by atoms with Crippen molar-refractivity contribution < 1.29 is 8.42 Å². The zero-order valence-corrected chi connectivity index (χ0v) is 13.3. The number of H-pyrrole nitrogens is 1. The fourth-order valence-electron chi connectivity index (χ4n) is 3.04. The first-order chi connectivity index (χ1) is 11.6. The number of thiol groups is 1. The van der Waals surface area contributed by atoms with Crippen molar-refractivity contribution >= 4 is 21.9 Å². The minimum Gasteiger partial charge on any atom is -0.346 e. The van der Waals surface area contributed by atoms with Crippen LogP contribution in [-0.4, -0.2) is 50.5 Å². The molecular weight excluding hydrogens is 330 g/mol. The number of hydrogen-bond acceptors (Lipinski definition) is 6. The summed E-state index contributed by atoms with van der Waals surface area (Å²) in [6.07, 6.45) is 6.94. The quantitative estimate of drug-likeness (QED) is 0.656. The Balaban J connectivity index is 1.72. The van der Waals surface area contributed by atoms with Crippen LogP contribution in [0.2, 0.25) is 0 Å². The van der Waals surface area contributed by atoms with Crippen LogP contribution in [0.5, 0.6) is 0 Å². The third-order valence-corrected chi connectivity index (χ3v) is 5.03. The van der Waals surface area contributed by atoms with Gasteiger partial charge in [-0.3, -0.25) is 4.68 Å². The van der Waals surface area contributed by atoms with Crippen molar-refractivity contribution in [3.63, 3.8) is 0 Å². The molecule has 0 bridgehead atoms. The van der Waals surface area contributed by atoms with Gasteiger partial charge in [0.05, 0.1) is 24.4 Å². The van der Waals surface area contributed by atoms with Crippen molar-refractivity contribution in [2.24, 2.45) is 0 Å². The lowest BCUT2D eigenvalue weighted by Crippen LogP contribution is -2.61. The SMILES string of the molecule is N#CCC1(n2cc(-c3ncnc4[nH]ccc34)cn2)CN([SH](=O)=O)C1. The standard InChI is InChI=1S/C14H13N7O2S/c15-3-2-14(7-20(8-14)24(22)23)21-6-10(5-19-21)12-11-1-4-16-13(11)18-9-17-12/h1,4-6,9,24H,2,7-8H2,(H,16,17,18). The van der Waals surface area contributed by atoms with Gasteiger partial charge in [0.2, 0.25) is 10.9 Å². The van der Waals surface area contributed by atoms with Crippen LogP contribution in [0, 0.1) is 11.3 Å². The highest BCUT2D eigenvalue weighted by molar-refractivity contribution is 7.69. The van der Waals surface area contributed by atoms with E-state index in [0.717, 1.165) is 22.3 Å². The highest BCUT2D eigenvalue weighted by Crippen LogP contribution is 2.34. The number of aromatic nitrogens is 5. The summed E-state index contributed by atoms with van der Waals surface area (Å²) in [5.74, 6) is 0. The summed E-state index contributed by atoms with van der Waals surface area (Å²) in [4.78, 5) is 11.5. The van der Waals surface area contributed by atoms with Gasteiger partial charge in [-0.15, -0.1) is 0 Å². The minimum atomic E-state index is -2.63. The normalized spacial score (nSPS) is 17.0. The van der Waals surface area contributed by atoms with Gasteiger partial charge in [-0.2, -0.15) is 14.7 Å². The Morgan fingerprint density at radius 2 is 2.21 bits per heavy atom. The van der Waals surface area contributed by atoms with Gasteiger partial charge < -0.3 is 4.98 Å². The number of rotatable bonds is 4. The molecule has 0 aliphatic carbocycles. The van der Waals surface area contributed by atoms with Gasteiger partial charge in [-0.05, 0) is 6.07 Å². The lowest BCUT2D eigenvalue weighted by molar-refractivity contribution is 0.0749. The summed E-state index contributed by atoms with van der Waals surface area (Å²) in [5.41, 5.74) is 1.65. The van der Waals surface area contributed by atoms with Crippen molar-refractivity contribution in [3.8, 4) is 17.3 Å². The van der Waals surface area contributed by atoms with Gasteiger partial charge in [-0.25, -0.2) is 18.4 Å². The molecule has 1 aliphatic rings. The van der Waals surface area contributed by atoms with Crippen molar-refractivity contribution in [2.45, 2.75) is 12.0 Å². The maximum atomic E-state index is 11.1. The monoisotopic (exact) mass is 343 g/mol. The van der Waals surface area contributed by atoms with Crippen LogP contribution >= 0.6 is 0 Å². The van der Waals surface area contributed by atoms with E-state index in [1.54, 1.807) is 23.3 Å². The Morgan fingerprint density at radius 3 is 2.96 bits per heavy atom. The molecule has 1 fully saturated rings. The molecule has 1 N–H and O–H groups in total. The van der Waals surface area contributed by atoms with Crippen molar-refractivity contribution in [3.05, 3.63) is 31.0 Å². The van der Waals surface area contributed by atoms with E-state index in [-0.39, 0.29) is 19.5 Å². The lowest BCUT2D eigenvalue weighted by Gasteiger charge is -2.45. The fourth-order valence-corrected chi connectivity index (χ4v) is 3.80. The molecule has 122 valence electrons. The predicted molar refractivity (Wildman–Crippen MR) is 85.2 cm³/mol. The Hall–Kier alpha value is -2.77. The van der Waals surface area contributed by atoms with Crippen molar-refractivity contribution in [1.29, 1.82) is 5.26 Å². The molecule has 4 heterocycles. The van der Waals surface area contributed by atoms with E-state index < -0.39 is 16.4 Å². The van der Waals surface area contributed by atoms with Gasteiger partial charge in [0.15, 0.2) is 0 Å². The molecule has 0 radical (unpaired) electrons. The molecule has 3 aromatic heterocycles. The molecule has 10 heteroatoms.